The maximum absolute atomic E-state index is 10.5. The SMILES string of the molecule is C/C=C\CC1CCC(O)CC1c1ccc(C(C)(C)CCCCCC)cc1OCc1ccccc1. The fourth-order valence-corrected chi connectivity index (χ4v) is 5.44. The van der Waals surface area contributed by atoms with Crippen LogP contribution in [0.2, 0.25) is 0 Å². The normalized spacial score (nSPS) is 21.1. The van der Waals surface area contributed by atoms with E-state index in [9.17, 15) is 5.11 Å². The van der Waals surface area contributed by atoms with Crippen LogP contribution in [0.4, 0.5) is 0 Å². The summed E-state index contributed by atoms with van der Waals surface area (Å²) in [5.41, 5.74) is 3.94. The lowest BCUT2D eigenvalue weighted by Crippen LogP contribution is -2.27. The number of ether oxygens (including phenoxy) is 1. The fraction of sp³-hybridized carbons (Fsp3) is 0.562. The Bertz CT molecular complexity index is 883. The molecule has 0 bridgehead atoms. The van der Waals surface area contributed by atoms with Crippen molar-refractivity contribution in [1.29, 1.82) is 0 Å². The first-order chi connectivity index (χ1) is 16.4. The van der Waals surface area contributed by atoms with E-state index in [2.05, 4.69) is 82.3 Å². The molecule has 186 valence electrons. The summed E-state index contributed by atoms with van der Waals surface area (Å²) in [4.78, 5) is 0. The van der Waals surface area contributed by atoms with E-state index in [1.165, 1.54) is 48.8 Å². The second kappa shape index (κ2) is 13.1. The van der Waals surface area contributed by atoms with Crippen molar-refractivity contribution in [3.8, 4) is 5.75 Å². The molecular weight excluding hydrogens is 416 g/mol. The summed E-state index contributed by atoms with van der Waals surface area (Å²) >= 11 is 0. The standard InChI is InChI=1S/C32H46O2/c1-5-7-9-13-21-32(3,4)27-18-20-29(30-23-28(33)19-17-26(30)16-8-6-2)31(22-27)34-24-25-14-11-10-12-15-25/h6,8,10-12,14-15,18,20,22,26,28,30,33H,5,7,9,13,16-17,19,21,23-24H2,1-4H3/b8-6-. The average Bonchev–Trinajstić information content (AvgIpc) is 2.85. The van der Waals surface area contributed by atoms with E-state index in [0.29, 0.717) is 18.4 Å². The number of hydrogen-bond acceptors (Lipinski definition) is 2. The second-order valence-electron chi connectivity index (χ2n) is 10.9. The van der Waals surface area contributed by atoms with Crippen molar-refractivity contribution in [3.63, 3.8) is 0 Å². The Balaban J connectivity index is 1.90. The molecule has 0 heterocycles. The van der Waals surface area contributed by atoms with E-state index in [1.807, 2.05) is 6.07 Å². The minimum absolute atomic E-state index is 0.119. The first-order valence-electron chi connectivity index (χ1n) is 13.5. The van der Waals surface area contributed by atoms with Gasteiger partial charge in [-0.15, -0.1) is 0 Å². The number of rotatable bonds is 12. The Labute approximate surface area is 208 Å². The van der Waals surface area contributed by atoms with Gasteiger partial charge in [0.05, 0.1) is 6.10 Å². The number of unbranched alkanes of at least 4 members (excludes halogenated alkanes) is 3. The zero-order valence-electron chi connectivity index (χ0n) is 21.9. The number of benzene rings is 2. The van der Waals surface area contributed by atoms with E-state index in [0.717, 1.165) is 31.4 Å². The van der Waals surface area contributed by atoms with E-state index >= 15 is 0 Å². The Hall–Kier alpha value is -2.06. The summed E-state index contributed by atoms with van der Waals surface area (Å²) < 4.78 is 6.54. The Morgan fingerprint density at radius 1 is 1.03 bits per heavy atom. The number of allylic oxidation sites excluding steroid dienone is 2. The third kappa shape index (κ3) is 7.47. The van der Waals surface area contributed by atoms with Gasteiger partial charge in [0.15, 0.2) is 0 Å². The predicted molar refractivity (Wildman–Crippen MR) is 145 cm³/mol. The summed E-state index contributed by atoms with van der Waals surface area (Å²) in [7, 11) is 0. The van der Waals surface area contributed by atoms with E-state index in [-0.39, 0.29) is 11.5 Å². The van der Waals surface area contributed by atoms with Gasteiger partial charge in [-0.2, -0.15) is 0 Å². The van der Waals surface area contributed by atoms with Crippen LogP contribution in [0, 0.1) is 5.92 Å². The highest BCUT2D eigenvalue weighted by molar-refractivity contribution is 5.43. The molecular formula is C32H46O2. The molecule has 3 rings (SSSR count). The third-order valence-corrected chi connectivity index (χ3v) is 7.73. The molecule has 0 aliphatic heterocycles. The minimum atomic E-state index is -0.219. The van der Waals surface area contributed by atoms with Crippen LogP contribution in [0.25, 0.3) is 0 Å². The molecule has 2 aromatic rings. The van der Waals surface area contributed by atoms with E-state index in [1.54, 1.807) is 0 Å². The lowest BCUT2D eigenvalue weighted by molar-refractivity contribution is 0.0932. The topological polar surface area (TPSA) is 29.5 Å². The van der Waals surface area contributed by atoms with Gasteiger partial charge in [0.2, 0.25) is 0 Å². The highest BCUT2D eigenvalue weighted by Gasteiger charge is 2.33. The molecule has 3 unspecified atom stereocenters. The first kappa shape index (κ1) is 26.5. The molecule has 0 amide bonds. The highest BCUT2D eigenvalue weighted by atomic mass is 16.5. The van der Waals surface area contributed by atoms with Crippen LogP contribution in [0.1, 0.15) is 108 Å². The second-order valence-corrected chi connectivity index (χ2v) is 10.9. The van der Waals surface area contributed by atoms with Crippen molar-refractivity contribution in [3.05, 3.63) is 77.4 Å². The summed E-state index contributed by atoms with van der Waals surface area (Å²) in [5.74, 6) is 1.88. The largest absolute Gasteiger partial charge is 0.489 e. The molecule has 1 aliphatic carbocycles. The number of hydrogen-bond donors (Lipinski definition) is 1. The van der Waals surface area contributed by atoms with Crippen molar-refractivity contribution in [2.75, 3.05) is 0 Å². The van der Waals surface area contributed by atoms with E-state index < -0.39 is 0 Å². The van der Waals surface area contributed by atoms with Gasteiger partial charge in [0.1, 0.15) is 12.4 Å². The average molecular weight is 463 g/mol. The van der Waals surface area contributed by atoms with Crippen molar-refractivity contribution in [1.82, 2.24) is 0 Å². The molecule has 1 N–H and O–H groups in total. The van der Waals surface area contributed by atoms with Gasteiger partial charge in [0, 0.05) is 0 Å². The van der Waals surface area contributed by atoms with Crippen molar-refractivity contribution in [2.24, 2.45) is 5.92 Å². The zero-order valence-corrected chi connectivity index (χ0v) is 21.9. The first-order valence-corrected chi connectivity index (χ1v) is 13.5. The Kier molecular flexibility index (Phi) is 10.3. The van der Waals surface area contributed by atoms with Crippen LogP contribution in [-0.2, 0) is 12.0 Å². The molecule has 2 heteroatoms. The molecule has 0 aromatic heterocycles. The van der Waals surface area contributed by atoms with Crippen LogP contribution in [0.15, 0.2) is 60.7 Å². The number of aliphatic hydroxyl groups is 1. The monoisotopic (exact) mass is 462 g/mol. The van der Waals surface area contributed by atoms with Gasteiger partial charge in [-0.05, 0) is 79.0 Å². The molecule has 2 nitrogen and oxygen atoms in total. The molecule has 2 aromatic carbocycles. The van der Waals surface area contributed by atoms with E-state index in [4.69, 9.17) is 4.74 Å². The zero-order chi connectivity index (χ0) is 24.4. The lowest BCUT2D eigenvalue weighted by atomic mass is 9.71. The number of aliphatic hydroxyl groups excluding tert-OH is 1. The van der Waals surface area contributed by atoms with Gasteiger partial charge in [-0.1, -0.05) is 101 Å². The fourth-order valence-electron chi connectivity index (χ4n) is 5.44. The summed E-state index contributed by atoms with van der Waals surface area (Å²) in [6.07, 6.45) is 14.4. The van der Waals surface area contributed by atoms with Crippen molar-refractivity contribution in [2.45, 2.75) is 110 Å². The molecule has 34 heavy (non-hydrogen) atoms. The maximum atomic E-state index is 10.5. The van der Waals surface area contributed by atoms with Gasteiger partial charge in [-0.3, -0.25) is 0 Å². The molecule has 0 spiro atoms. The van der Waals surface area contributed by atoms with Gasteiger partial charge in [-0.25, -0.2) is 0 Å². The van der Waals surface area contributed by atoms with Gasteiger partial charge < -0.3 is 9.84 Å². The van der Waals surface area contributed by atoms with Gasteiger partial charge >= 0.3 is 0 Å². The van der Waals surface area contributed by atoms with Gasteiger partial charge in [0.25, 0.3) is 0 Å². The predicted octanol–water partition coefficient (Wildman–Crippen LogP) is 8.72. The molecule has 1 fully saturated rings. The highest BCUT2D eigenvalue weighted by Crippen LogP contribution is 2.45. The Morgan fingerprint density at radius 2 is 1.82 bits per heavy atom. The summed E-state index contributed by atoms with van der Waals surface area (Å²) in [6, 6.07) is 17.4. The van der Waals surface area contributed by atoms with Crippen molar-refractivity contribution < 1.29 is 9.84 Å². The van der Waals surface area contributed by atoms with Crippen LogP contribution in [0.3, 0.4) is 0 Å². The smallest absolute Gasteiger partial charge is 0.123 e. The van der Waals surface area contributed by atoms with Crippen LogP contribution in [-0.4, -0.2) is 11.2 Å². The molecule has 3 atom stereocenters. The van der Waals surface area contributed by atoms with Crippen LogP contribution < -0.4 is 4.74 Å². The van der Waals surface area contributed by atoms with Crippen molar-refractivity contribution >= 4 is 0 Å². The molecule has 0 saturated heterocycles. The summed E-state index contributed by atoms with van der Waals surface area (Å²) in [5, 5.41) is 10.5. The quantitative estimate of drug-likeness (QED) is 0.252. The minimum Gasteiger partial charge on any atom is -0.489 e. The maximum Gasteiger partial charge on any atom is 0.123 e. The molecule has 1 saturated carbocycles. The Morgan fingerprint density at radius 3 is 2.56 bits per heavy atom. The molecule has 1 aliphatic rings. The lowest BCUT2D eigenvalue weighted by Gasteiger charge is -2.36. The summed E-state index contributed by atoms with van der Waals surface area (Å²) in [6.45, 7) is 9.68. The third-order valence-electron chi connectivity index (χ3n) is 7.73. The van der Waals surface area contributed by atoms with Crippen LogP contribution in [0.5, 0.6) is 5.75 Å². The van der Waals surface area contributed by atoms with Crippen LogP contribution >= 0.6 is 0 Å². The molecule has 0 radical (unpaired) electrons.